The molecule has 0 radical (unpaired) electrons. The molecule has 4 heteroatoms. The molecular weight excluding hydrogens is 384 g/mol. The Morgan fingerprint density at radius 2 is 1.45 bits per heavy atom. The zero-order valence-corrected chi connectivity index (χ0v) is 18.1. The van der Waals surface area contributed by atoms with Crippen molar-refractivity contribution in [3.05, 3.63) is 96.1 Å². The van der Waals surface area contributed by atoms with E-state index in [1.807, 2.05) is 29.2 Å². The van der Waals surface area contributed by atoms with Crippen molar-refractivity contribution in [2.45, 2.75) is 37.3 Å². The second-order valence-electron chi connectivity index (χ2n) is 8.64. The number of fused-ring (bicyclic) bond motifs is 1. The molecule has 5 rings (SSSR count). The van der Waals surface area contributed by atoms with E-state index in [0.29, 0.717) is 6.54 Å². The van der Waals surface area contributed by atoms with Crippen molar-refractivity contribution >= 4 is 11.7 Å². The third-order valence-electron chi connectivity index (χ3n) is 7.13. The van der Waals surface area contributed by atoms with Gasteiger partial charge in [-0.05, 0) is 55.2 Å². The first-order chi connectivity index (χ1) is 15.1. The second-order valence-corrected chi connectivity index (χ2v) is 8.64. The summed E-state index contributed by atoms with van der Waals surface area (Å²) < 4.78 is 5.29. The van der Waals surface area contributed by atoms with Gasteiger partial charge in [0.15, 0.2) is 0 Å². The van der Waals surface area contributed by atoms with E-state index in [2.05, 4.69) is 72.5 Å². The first kappa shape index (κ1) is 19.7. The molecular formula is C27H28N2O2. The summed E-state index contributed by atoms with van der Waals surface area (Å²) in [6.07, 6.45) is 2.00. The van der Waals surface area contributed by atoms with Crippen LogP contribution in [0.4, 0.5) is 10.5 Å². The number of rotatable bonds is 4. The standard InChI is InChI=1S/C27H28N2O2/c1-20-25-17-18-27(21-9-5-3-6-10-21,22-11-7-4-8-12-22)19-28(25)26(30)29(20)23-13-15-24(31-2)16-14-23/h3-16,20,25H,17-19H2,1-2H3/t20-,25-/m0/s1. The van der Waals surface area contributed by atoms with Crippen LogP contribution in [0.2, 0.25) is 0 Å². The normalized spacial score (nSPS) is 22.3. The average Bonchev–Trinajstić information content (AvgIpc) is 3.09. The summed E-state index contributed by atoms with van der Waals surface area (Å²) in [7, 11) is 1.66. The summed E-state index contributed by atoms with van der Waals surface area (Å²) in [6, 6.07) is 29.6. The lowest BCUT2D eigenvalue weighted by Crippen LogP contribution is -2.51. The van der Waals surface area contributed by atoms with Crippen LogP contribution in [0.1, 0.15) is 30.9 Å². The molecule has 0 aromatic heterocycles. The van der Waals surface area contributed by atoms with Gasteiger partial charge in [0.2, 0.25) is 0 Å². The predicted octanol–water partition coefficient (Wildman–Crippen LogP) is 5.47. The molecule has 3 aromatic carbocycles. The number of benzene rings is 3. The minimum Gasteiger partial charge on any atom is -0.497 e. The van der Waals surface area contributed by atoms with E-state index in [1.165, 1.54) is 11.1 Å². The highest BCUT2D eigenvalue weighted by Crippen LogP contribution is 2.46. The van der Waals surface area contributed by atoms with Gasteiger partial charge in [-0.2, -0.15) is 0 Å². The van der Waals surface area contributed by atoms with Gasteiger partial charge in [-0.25, -0.2) is 4.79 Å². The van der Waals surface area contributed by atoms with Gasteiger partial charge in [-0.1, -0.05) is 60.7 Å². The third kappa shape index (κ3) is 3.18. The molecule has 2 heterocycles. The zero-order chi connectivity index (χ0) is 21.4. The van der Waals surface area contributed by atoms with Crippen LogP contribution in [0.15, 0.2) is 84.9 Å². The Labute approximate surface area is 184 Å². The van der Waals surface area contributed by atoms with Crippen molar-refractivity contribution < 1.29 is 9.53 Å². The number of carbonyl (C=O) groups excluding carboxylic acids is 1. The number of nitrogens with zero attached hydrogens (tertiary/aromatic N) is 2. The maximum Gasteiger partial charge on any atom is 0.325 e. The molecule has 2 atom stereocenters. The number of hydrogen-bond donors (Lipinski definition) is 0. The van der Waals surface area contributed by atoms with Crippen LogP contribution >= 0.6 is 0 Å². The van der Waals surface area contributed by atoms with E-state index >= 15 is 0 Å². The quantitative estimate of drug-likeness (QED) is 0.569. The molecule has 2 aliphatic heterocycles. The second kappa shape index (κ2) is 7.77. The fraction of sp³-hybridized carbons (Fsp3) is 0.296. The Morgan fingerprint density at radius 1 is 0.871 bits per heavy atom. The molecule has 0 aliphatic carbocycles. The lowest BCUT2D eigenvalue weighted by atomic mass is 9.68. The summed E-state index contributed by atoms with van der Waals surface area (Å²) in [5.41, 5.74) is 3.30. The predicted molar refractivity (Wildman–Crippen MR) is 124 cm³/mol. The van der Waals surface area contributed by atoms with E-state index in [1.54, 1.807) is 7.11 Å². The van der Waals surface area contributed by atoms with E-state index in [4.69, 9.17) is 4.74 Å². The van der Waals surface area contributed by atoms with Crippen molar-refractivity contribution in [3.63, 3.8) is 0 Å². The topological polar surface area (TPSA) is 32.8 Å². The van der Waals surface area contributed by atoms with Crippen LogP contribution in [0, 0.1) is 0 Å². The first-order valence-corrected chi connectivity index (χ1v) is 11.0. The lowest BCUT2D eigenvalue weighted by Gasteiger charge is -2.45. The van der Waals surface area contributed by atoms with E-state index in [0.717, 1.165) is 24.3 Å². The Morgan fingerprint density at radius 3 is 2.00 bits per heavy atom. The van der Waals surface area contributed by atoms with Gasteiger partial charge in [-0.15, -0.1) is 0 Å². The van der Waals surface area contributed by atoms with Crippen LogP contribution in [0.5, 0.6) is 5.75 Å². The highest BCUT2D eigenvalue weighted by atomic mass is 16.5. The van der Waals surface area contributed by atoms with Crippen LogP contribution < -0.4 is 9.64 Å². The number of piperidine rings is 1. The summed E-state index contributed by atoms with van der Waals surface area (Å²) in [5, 5.41) is 0. The summed E-state index contributed by atoms with van der Waals surface area (Å²) in [4.78, 5) is 17.7. The average molecular weight is 413 g/mol. The SMILES string of the molecule is COc1ccc(N2C(=O)N3CC(c4ccccc4)(c4ccccc4)CC[C@H]3[C@@H]2C)cc1. The van der Waals surface area contributed by atoms with Crippen molar-refractivity contribution in [1.82, 2.24) is 4.90 Å². The largest absolute Gasteiger partial charge is 0.497 e. The van der Waals surface area contributed by atoms with Crippen LogP contribution in [-0.4, -0.2) is 36.7 Å². The Hall–Kier alpha value is -3.27. The van der Waals surface area contributed by atoms with E-state index in [-0.39, 0.29) is 23.5 Å². The number of carbonyl (C=O) groups is 1. The lowest BCUT2D eigenvalue weighted by molar-refractivity contribution is 0.146. The number of amides is 2. The third-order valence-corrected chi connectivity index (χ3v) is 7.13. The van der Waals surface area contributed by atoms with Gasteiger partial charge in [0.1, 0.15) is 5.75 Å². The fourth-order valence-electron chi connectivity index (χ4n) is 5.47. The number of anilines is 1. The molecule has 158 valence electrons. The molecule has 0 saturated carbocycles. The monoisotopic (exact) mass is 412 g/mol. The van der Waals surface area contributed by atoms with Gasteiger partial charge in [0, 0.05) is 17.6 Å². The Balaban J connectivity index is 1.53. The summed E-state index contributed by atoms with van der Waals surface area (Å²) >= 11 is 0. The van der Waals surface area contributed by atoms with Crippen LogP contribution in [-0.2, 0) is 5.41 Å². The summed E-state index contributed by atoms with van der Waals surface area (Å²) in [6.45, 7) is 2.87. The van der Waals surface area contributed by atoms with Gasteiger partial charge in [0.05, 0.1) is 19.2 Å². The fourth-order valence-corrected chi connectivity index (χ4v) is 5.47. The summed E-state index contributed by atoms with van der Waals surface area (Å²) in [5.74, 6) is 0.799. The van der Waals surface area contributed by atoms with E-state index < -0.39 is 0 Å². The number of ether oxygens (including phenoxy) is 1. The van der Waals surface area contributed by atoms with Crippen molar-refractivity contribution in [1.29, 1.82) is 0 Å². The molecule has 2 amide bonds. The molecule has 0 bridgehead atoms. The number of methoxy groups -OCH3 is 1. The van der Waals surface area contributed by atoms with Crippen molar-refractivity contribution in [2.24, 2.45) is 0 Å². The van der Waals surface area contributed by atoms with Gasteiger partial charge >= 0.3 is 6.03 Å². The highest BCUT2D eigenvalue weighted by molar-refractivity contribution is 5.96. The molecule has 2 fully saturated rings. The Kier molecular flexibility index (Phi) is 4.93. The van der Waals surface area contributed by atoms with Gasteiger partial charge in [0.25, 0.3) is 0 Å². The minimum atomic E-state index is -0.190. The van der Waals surface area contributed by atoms with Crippen molar-refractivity contribution in [3.8, 4) is 5.75 Å². The van der Waals surface area contributed by atoms with Gasteiger partial charge in [-0.3, -0.25) is 4.90 Å². The molecule has 0 spiro atoms. The smallest absolute Gasteiger partial charge is 0.325 e. The number of urea groups is 1. The highest BCUT2D eigenvalue weighted by Gasteiger charge is 2.51. The molecule has 0 N–H and O–H groups in total. The zero-order valence-electron chi connectivity index (χ0n) is 18.1. The first-order valence-electron chi connectivity index (χ1n) is 11.0. The van der Waals surface area contributed by atoms with Crippen molar-refractivity contribution in [2.75, 3.05) is 18.6 Å². The molecule has 2 aliphatic rings. The molecule has 31 heavy (non-hydrogen) atoms. The molecule has 0 unspecified atom stereocenters. The maximum atomic E-state index is 13.7. The Bertz CT molecular complexity index is 1010. The van der Waals surface area contributed by atoms with Crippen LogP contribution in [0.3, 0.4) is 0 Å². The van der Waals surface area contributed by atoms with Gasteiger partial charge < -0.3 is 9.64 Å². The molecule has 4 nitrogen and oxygen atoms in total. The minimum absolute atomic E-state index is 0.0959. The number of hydrogen-bond acceptors (Lipinski definition) is 2. The van der Waals surface area contributed by atoms with E-state index in [9.17, 15) is 4.79 Å². The molecule has 3 aromatic rings. The maximum absolute atomic E-state index is 13.7. The van der Waals surface area contributed by atoms with Crippen LogP contribution in [0.25, 0.3) is 0 Å². The molecule has 2 saturated heterocycles.